The Morgan fingerprint density at radius 1 is 1.06 bits per heavy atom. The fourth-order valence-corrected chi connectivity index (χ4v) is 6.99. The number of halogens is 1. The van der Waals surface area contributed by atoms with Crippen LogP contribution in [0.2, 0.25) is 5.02 Å². The second kappa shape index (κ2) is 10.5. The summed E-state index contributed by atoms with van der Waals surface area (Å²) in [6.07, 6.45) is 12.4. The zero-order valence-electron chi connectivity index (χ0n) is 20.3. The molecule has 2 heterocycles. The number of fused-ring (bicyclic) bond motifs is 3. The molecule has 2 bridgehead atoms. The van der Waals surface area contributed by atoms with E-state index < -0.39 is 5.97 Å². The van der Waals surface area contributed by atoms with Gasteiger partial charge >= 0.3 is 5.97 Å². The molecule has 0 radical (unpaired) electrons. The van der Waals surface area contributed by atoms with Crippen LogP contribution in [0, 0.1) is 11.8 Å². The maximum absolute atomic E-state index is 11.4. The predicted octanol–water partition coefficient (Wildman–Crippen LogP) is 7.10. The average Bonchev–Trinajstić information content (AvgIpc) is 3.07. The first-order valence-corrected chi connectivity index (χ1v) is 13.8. The van der Waals surface area contributed by atoms with E-state index in [1.165, 1.54) is 30.2 Å². The summed E-state index contributed by atoms with van der Waals surface area (Å²) in [6, 6.07) is 11.7. The summed E-state index contributed by atoms with van der Waals surface area (Å²) in [5.74, 6) is 0.933. The highest BCUT2D eigenvalue weighted by molar-refractivity contribution is 6.37. The Balaban J connectivity index is 1.17. The molecule has 3 aliphatic rings. The third kappa shape index (κ3) is 5.09. The molecule has 2 saturated heterocycles. The molecular weight excluding hydrogens is 446 g/mol. The van der Waals surface area contributed by atoms with Gasteiger partial charge in [-0.2, -0.15) is 0 Å². The van der Waals surface area contributed by atoms with Crippen molar-refractivity contribution in [3.8, 4) is 5.75 Å². The minimum Gasteiger partial charge on any atom is -0.489 e. The third-order valence-corrected chi connectivity index (χ3v) is 9.15. The van der Waals surface area contributed by atoms with Gasteiger partial charge in [0.25, 0.3) is 0 Å². The maximum atomic E-state index is 11.4. The van der Waals surface area contributed by atoms with Crippen LogP contribution >= 0.6 is 11.6 Å². The van der Waals surface area contributed by atoms with Crippen molar-refractivity contribution in [1.29, 1.82) is 0 Å². The van der Waals surface area contributed by atoms with Gasteiger partial charge in [0.15, 0.2) is 0 Å². The quantitative estimate of drug-likeness (QED) is 0.435. The van der Waals surface area contributed by atoms with E-state index in [0.717, 1.165) is 80.0 Å². The maximum Gasteiger partial charge on any atom is 0.306 e. The topological polar surface area (TPSA) is 49.8 Å². The van der Waals surface area contributed by atoms with Gasteiger partial charge in [-0.1, -0.05) is 49.2 Å². The number of hydrogen-bond donors (Lipinski definition) is 1. The highest BCUT2D eigenvalue weighted by Gasteiger charge is 2.42. The number of ether oxygens (including phenoxy) is 1. The van der Waals surface area contributed by atoms with Crippen LogP contribution < -0.4 is 4.74 Å². The first-order chi connectivity index (χ1) is 16.5. The molecule has 0 amide bonds. The van der Waals surface area contributed by atoms with Crippen LogP contribution in [-0.4, -0.2) is 40.7 Å². The van der Waals surface area contributed by atoms with E-state index in [1.54, 1.807) is 0 Å². The zero-order valence-corrected chi connectivity index (χ0v) is 21.1. The number of aryl methyl sites for hydroxylation is 1. The Hall–Kier alpha value is -1.78. The van der Waals surface area contributed by atoms with Gasteiger partial charge in [0.05, 0.1) is 17.0 Å². The number of nitrogens with zero attached hydrogens (tertiary/aromatic N) is 1. The van der Waals surface area contributed by atoms with Crippen LogP contribution in [0.15, 0.2) is 30.3 Å². The Morgan fingerprint density at radius 2 is 1.79 bits per heavy atom. The van der Waals surface area contributed by atoms with Gasteiger partial charge in [-0.25, -0.2) is 0 Å². The third-order valence-electron chi connectivity index (χ3n) is 8.76. The molecule has 3 fully saturated rings. The molecule has 3 atom stereocenters. The molecule has 5 rings (SSSR count). The van der Waals surface area contributed by atoms with Crippen molar-refractivity contribution >= 4 is 28.3 Å². The molecule has 2 unspecified atom stereocenters. The van der Waals surface area contributed by atoms with Crippen molar-refractivity contribution in [2.24, 2.45) is 11.8 Å². The van der Waals surface area contributed by atoms with Gasteiger partial charge in [-0.15, -0.1) is 0 Å². The Labute approximate surface area is 208 Å². The number of piperidine rings is 1. The van der Waals surface area contributed by atoms with Gasteiger partial charge in [0, 0.05) is 17.5 Å². The highest BCUT2D eigenvalue weighted by atomic mass is 35.5. The Bertz CT molecular complexity index is 1000. The second-order valence-corrected chi connectivity index (χ2v) is 11.2. The van der Waals surface area contributed by atoms with E-state index in [0.29, 0.717) is 12.1 Å². The standard InChI is InChI=1S/C29H38ClNO3/c1-2-19-5-11-25(12-6-19)34-27-14-8-21-16-20(7-13-26(21)28(27)30)4-3-15-31-23-9-10-24(31)18-22(17-23)29(32)33/h7-8,13-14,16,19,22-25H,2-6,9-12,15,17-18H2,1H3,(H,32,33)/t19?,22?,23-,24?,25?/m1/s1. The molecule has 34 heavy (non-hydrogen) atoms. The van der Waals surface area contributed by atoms with Crippen LogP contribution in [-0.2, 0) is 11.2 Å². The summed E-state index contributed by atoms with van der Waals surface area (Å²) >= 11 is 6.77. The normalized spacial score (nSPS) is 29.4. The van der Waals surface area contributed by atoms with E-state index in [-0.39, 0.29) is 12.0 Å². The smallest absolute Gasteiger partial charge is 0.306 e. The molecule has 0 spiro atoms. The predicted molar refractivity (Wildman–Crippen MR) is 138 cm³/mol. The average molecular weight is 484 g/mol. The Morgan fingerprint density at radius 3 is 2.47 bits per heavy atom. The molecule has 184 valence electrons. The summed E-state index contributed by atoms with van der Waals surface area (Å²) in [4.78, 5) is 14.0. The molecule has 2 aromatic rings. The van der Waals surface area contributed by atoms with Gasteiger partial charge in [0.1, 0.15) is 5.75 Å². The molecule has 5 heteroatoms. The fraction of sp³-hybridized carbons (Fsp3) is 0.621. The van der Waals surface area contributed by atoms with Crippen LogP contribution in [0.25, 0.3) is 10.8 Å². The van der Waals surface area contributed by atoms with Gasteiger partial charge in [-0.3, -0.25) is 9.69 Å². The summed E-state index contributed by atoms with van der Waals surface area (Å²) in [6.45, 7) is 3.35. The van der Waals surface area contributed by atoms with Crippen LogP contribution in [0.3, 0.4) is 0 Å². The SMILES string of the molecule is CCC1CCC(Oc2ccc3cc(CCCN4C5CC[C@@H]4CC(C(=O)O)C5)ccc3c2Cl)CC1. The summed E-state index contributed by atoms with van der Waals surface area (Å²) in [5, 5.41) is 12.4. The van der Waals surface area contributed by atoms with Crippen LogP contribution in [0.1, 0.15) is 76.7 Å². The Kier molecular flexibility index (Phi) is 7.36. The number of carboxylic acids is 1. The van der Waals surface area contributed by atoms with E-state index in [1.807, 2.05) is 6.07 Å². The largest absolute Gasteiger partial charge is 0.489 e. The monoisotopic (exact) mass is 483 g/mol. The van der Waals surface area contributed by atoms with Crippen molar-refractivity contribution < 1.29 is 14.6 Å². The van der Waals surface area contributed by atoms with E-state index in [2.05, 4.69) is 36.1 Å². The first kappa shape index (κ1) is 23.9. The molecule has 1 N–H and O–H groups in total. The van der Waals surface area contributed by atoms with Crippen LogP contribution in [0.4, 0.5) is 0 Å². The zero-order chi connectivity index (χ0) is 23.7. The van der Waals surface area contributed by atoms with Crippen molar-refractivity contribution in [3.63, 3.8) is 0 Å². The lowest BCUT2D eigenvalue weighted by Gasteiger charge is -2.37. The van der Waals surface area contributed by atoms with E-state index in [9.17, 15) is 9.90 Å². The molecule has 1 saturated carbocycles. The van der Waals surface area contributed by atoms with Gasteiger partial charge in [0.2, 0.25) is 0 Å². The fourth-order valence-electron chi connectivity index (χ4n) is 6.71. The van der Waals surface area contributed by atoms with Gasteiger partial charge in [-0.05, 0) is 93.7 Å². The second-order valence-electron chi connectivity index (χ2n) is 10.8. The van der Waals surface area contributed by atoms with Crippen molar-refractivity contribution in [2.45, 2.75) is 95.7 Å². The minimum atomic E-state index is -0.608. The van der Waals surface area contributed by atoms with Gasteiger partial charge < -0.3 is 9.84 Å². The highest BCUT2D eigenvalue weighted by Crippen LogP contribution is 2.39. The molecule has 0 aromatic heterocycles. The minimum absolute atomic E-state index is 0.140. The number of benzene rings is 2. The van der Waals surface area contributed by atoms with Crippen LogP contribution in [0.5, 0.6) is 5.75 Å². The number of carboxylic acid groups (broad SMARTS) is 1. The number of aliphatic carboxylic acids is 1. The first-order valence-electron chi connectivity index (χ1n) is 13.4. The molecule has 1 aliphatic carbocycles. The lowest BCUT2D eigenvalue weighted by atomic mass is 9.86. The summed E-state index contributed by atoms with van der Waals surface area (Å²) in [7, 11) is 0. The number of carbonyl (C=O) groups is 1. The van der Waals surface area contributed by atoms with E-state index in [4.69, 9.17) is 16.3 Å². The lowest BCUT2D eigenvalue weighted by Crippen LogP contribution is -2.45. The van der Waals surface area contributed by atoms with Crippen molar-refractivity contribution in [1.82, 2.24) is 4.90 Å². The van der Waals surface area contributed by atoms with E-state index >= 15 is 0 Å². The molecule has 4 nitrogen and oxygen atoms in total. The summed E-state index contributed by atoms with van der Waals surface area (Å²) < 4.78 is 6.32. The molecule has 2 aromatic carbocycles. The number of rotatable bonds is 8. The summed E-state index contributed by atoms with van der Waals surface area (Å²) in [5.41, 5.74) is 1.34. The van der Waals surface area contributed by atoms with Crippen molar-refractivity contribution in [3.05, 3.63) is 40.9 Å². The molecular formula is C29H38ClNO3. The molecule has 2 aliphatic heterocycles. The van der Waals surface area contributed by atoms with Crippen molar-refractivity contribution in [2.75, 3.05) is 6.54 Å². The number of hydrogen-bond acceptors (Lipinski definition) is 3. The lowest BCUT2D eigenvalue weighted by molar-refractivity contribution is -0.144.